The quantitative estimate of drug-likeness (QED) is 0.769. The van der Waals surface area contributed by atoms with Gasteiger partial charge >= 0.3 is 0 Å². The molecule has 1 aromatic carbocycles. The predicted octanol–water partition coefficient (Wildman–Crippen LogP) is 3.01. The monoisotopic (exact) mass is 237 g/mol. The molecule has 16 heavy (non-hydrogen) atoms. The molecule has 86 valence electrons. The summed E-state index contributed by atoms with van der Waals surface area (Å²) in [7, 11) is 0. The molecule has 1 aromatic rings. The average molecular weight is 238 g/mol. The second-order valence-electron chi connectivity index (χ2n) is 3.42. The Hall–Kier alpha value is -1.25. The Balaban J connectivity index is 2.95. The molecule has 2 nitrogen and oxygen atoms in total. The van der Waals surface area contributed by atoms with E-state index in [0.717, 1.165) is 24.3 Å². The van der Waals surface area contributed by atoms with Gasteiger partial charge in [-0.05, 0) is 17.7 Å². The summed E-state index contributed by atoms with van der Waals surface area (Å²) in [5.41, 5.74) is 1.74. The van der Waals surface area contributed by atoms with Crippen molar-refractivity contribution in [2.24, 2.45) is 0 Å². The van der Waals surface area contributed by atoms with Crippen molar-refractivity contribution in [3.05, 3.63) is 54.1 Å². The van der Waals surface area contributed by atoms with Crippen LogP contribution in [0.3, 0.4) is 0 Å². The van der Waals surface area contributed by atoms with E-state index < -0.39 is 0 Å². The molecule has 0 fully saturated rings. The van der Waals surface area contributed by atoms with Crippen LogP contribution in [0.25, 0.3) is 0 Å². The minimum absolute atomic E-state index is 0.0397. The molecule has 0 saturated heterocycles. The first-order valence-electron chi connectivity index (χ1n) is 5.09. The highest BCUT2D eigenvalue weighted by molar-refractivity contribution is 6.31. The van der Waals surface area contributed by atoms with Crippen molar-refractivity contribution >= 4 is 17.3 Å². The summed E-state index contributed by atoms with van der Waals surface area (Å²) >= 11 is 6.04. The lowest BCUT2D eigenvalue weighted by molar-refractivity contribution is 0.282. The maximum atomic E-state index is 9.02. The van der Waals surface area contributed by atoms with Crippen LogP contribution in [-0.4, -0.2) is 18.2 Å². The summed E-state index contributed by atoms with van der Waals surface area (Å²) in [4.78, 5) is 2.09. The van der Waals surface area contributed by atoms with Gasteiger partial charge in [0.05, 0.1) is 6.61 Å². The van der Waals surface area contributed by atoms with E-state index in [4.69, 9.17) is 16.7 Å². The van der Waals surface area contributed by atoms with Crippen LogP contribution in [0.5, 0.6) is 0 Å². The minimum atomic E-state index is -0.0397. The van der Waals surface area contributed by atoms with Crippen LogP contribution in [0.15, 0.2) is 43.5 Å². The molecule has 0 unspecified atom stereocenters. The Bertz CT molecular complexity index is 366. The molecule has 0 aliphatic heterocycles. The Morgan fingerprint density at radius 3 is 2.31 bits per heavy atom. The highest BCUT2D eigenvalue weighted by atomic mass is 35.5. The molecule has 0 saturated carbocycles. The van der Waals surface area contributed by atoms with Crippen LogP contribution in [0.4, 0.5) is 5.69 Å². The van der Waals surface area contributed by atoms with Gasteiger partial charge in [0.15, 0.2) is 0 Å². The van der Waals surface area contributed by atoms with E-state index in [1.165, 1.54) is 0 Å². The van der Waals surface area contributed by atoms with Gasteiger partial charge < -0.3 is 10.0 Å². The number of aliphatic hydroxyl groups excluding tert-OH is 1. The number of halogens is 1. The van der Waals surface area contributed by atoms with Gasteiger partial charge in [0, 0.05) is 23.8 Å². The maximum Gasteiger partial charge on any atom is 0.0696 e. The lowest BCUT2D eigenvalue weighted by Crippen LogP contribution is -2.23. The Labute approximate surface area is 101 Å². The zero-order valence-electron chi connectivity index (χ0n) is 9.19. The Morgan fingerprint density at radius 1 is 1.25 bits per heavy atom. The fraction of sp³-hybridized carbons (Fsp3) is 0.231. The number of aliphatic hydroxyl groups is 1. The first-order valence-corrected chi connectivity index (χ1v) is 5.46. The molecule has 3 heteroatoms. The number of hydrogen-bond donors (Lipinski definition) is 1. The zero-order valence-corrected chi connectivity index (χ0v) is 9.95. The maximum absolute atomic E-state index is 9.02. The molecule has 0 amide bonds. The topological polar surface area (TPSA) is 23.5 Å². The molecule has 1 N–H and O–H groups in total. The number of hydrogen-bond acceptors (Lipinski definition) is 2. The normalized spacial score (nSPS) is 9.88. The molecule has 0 atom stereocenters. The number of benzene rings is 1. The van der Waals surface area contributed by atoms with Crippen molar-refractivity contribution in [1.29, 1.82) is 0 Å². The third kappa shape index (κ3) is 3.12. The smallest absolute Gasteiger partial charge is 0.0696 e. The summed E-state index contributed by atoms with van der Waals surface area (Å²) in [6, 6.07) is 5.61. The first kappa shape index (κ1) is 12.8. The van der Waals surface area contributed by atoms with Gasteiger partial charge in [-0.2, -0.15) is 0 Å². The third-order valence-electron chi connectivity index (χ3n) is 2.27. The van der Waals surface area contributed by atoms with Gasteiger partial charge in [-0.15, -0.1) is 13.2 Å². The summed E-state index contributed by atoms with van der Waals surface area (Å²) in [6.07, 6.45) is 3.66. The van der Waals surface area contributed by atoms with E-state index in [-0.39, 0.29) is 6.61 Å². The second-order valence-corrected chi connectivity index (χ2v) is 3.82. The van der Waals surface area contributed by atoms with E-state index in [1.54, 1.807) is 0 Å². The molecular weight excluding hydrogens is 222 g/mol. The third-order valence-corrected chi connectivity index (χ3v) is 2.62. The Morgan fingerprint density at radius 2 is 1.88 bits per heavy atom. The molecular formula is C13H16ClNO. The molecule has 0 bridgehead atoms. The molecule has 0 spiro atoms. The predicted molar refractivity (Wildman–Crippen MR) is 70.0 cm³/mol. The van der Waals surface area contributed by atoms with Crippen LogP contribution < -0.4 is 4.90 Å². The fourth-order valence-corrected chi connectivity index (χ4v) is 1.69. The fourth-order valence-electron chi connectivity index (χ4n) is 1.46. The molecule has 0 aromatic heterocycles. The van der Waals surface area contributed by atoms with E-state index in [9.17, 15) is 0 Å². The standard InChI is InChI=1S/C13H16ClNO/c1-3-7-15(8-4-2)12-6-5-11(10-16)13(14)9-12/h3-6,9,16H,1-2,7-8,10H2. The molecule has 0 radical (unpaired) electrons. The van der Waals surface area contributed by atoms with Crippen LogP contribution >= 0.6 is 11.6 Å². The van der Waals surface area contributed by atoms with Crippen LogP contribution in [0.1, 0.15) is 5.56 Å². The van der Waals surface area contributed by atoms with Crippen molar-refractivity contribution in [1.82, 2.24) is 0 Å². The van der Waals surface area contributed by atoms with E-state index in [1.807, 2.05) is 30.4 Å². The summed E-state index contributed by atoms with van der Waals surface area (Å²) in [5, 5.41) is 9.61. The summed E-state index contributed by atoms with van der Waals surface area (Å²) in [6.45, 7) is 8.87. The van der Waals surface area contributed by atoms with Gasteiger partial charge in [-0.1, -0.05) is 29.8 Å². The highest BCUT2D eigenvalue weighted by Crippen LogP contribution is 2.23. The van der Waals surface area contributed by atoms with Gasteiger partial charge in [-0.25, -0.2) is 0 Å². The second kappa shape index (κ2) is 6.36. The highest BCUT2D eigenvalue weighted by Gasteiger charge is 2.06. The molecule has 1 rings (SSSR count). The van der Waals surface area contributed by atoms with E-state index in [2.05, 4.69) is 18.1 Å². The molecule has 0 aliphatic carbocycles. The van der Waals surface area contributed by atoms with Crippen molar-refractivity contribution in [3.63, 3.8) is 0 Å². The zero-order chi connectivity index (χ0) is 12.0. The minimum Gasteiger partial charge on any atom is -0.392 e. The van der Waals surface area contributed by atoms with Gasteiger partial charge in [0.25, 0.3) is 0 Å². The van der Waals surface area contributed by atoms with Crippen molar-refractivity contribution in [2.75, 3.05) is 18.0 Å². The number of nitrogens with zero attached hydrogens (tertiary/aromatic N) is 1. The largest absolute Gasteiger partial charge is 0.392 e. The summed E-state index contributed by atoms with van der Waals surface area (Å²) < 4.78 is 0. The van der Waals surface area contributed by atoms with Crippen LogP contribution in [0, 0.1) is 0 Å². The van der Waals surface area contributed by atoms with Gasteiger partial charge in [-0.3, -0.25) is 0 Å². The van der Waals surface area contributed by atoms with Crippen LogP contribution in [0.2, 0.25) is 5.02 Å². The Kier molecular flexibility index (Phi) is 5.09. The van der Waals surface area contributed by atoms with E-state index in [0.29, 0.717) is 5.02 Å². The van der Waals surface area contributed by atoms with Crippen molar-refractivity contribution in [2.45, 2.75) is 6.61 Å². The number of anilines is 1. The lowest BCUT2D eigenvalue weighted by Gasteiger charge is -2.22. The molecule has 0 aliphatic rings. The molecule has 0 heterocycles. The van der Waals surface area contributed by atoms with Crippen molar-refractivity contribution in [3.8, 4) is 0 Å². The van der Waals surface area contributed by atoms with Gasteiger partial charge in [0.2, 0.25) is 0 Å². The first-order chi connectivity index (χ1) is 7.72. The van der Waals surface area contributed by atoms with Crippen molar-refractivity contribution < 1.29 is 5.11 Å². The number of rotatable bonds is 6. The van der Waals surface area contributed by atoms with Crippen LogP contribution in [-0.2, 0) is 6.61 Å². The van der Waals surface area contributed by atoms with Gasteiger partial charge in [0.1, 0.15) is 0 Å². The average Bonchev–Trinajstić information content (AvgIpc) is 2.28. The SMILES string of the molecule is C=CCN(CC=C)c1ccc(CO)c(Cl)c1. The lowest BCUT2D eigenvalue weighted by atomic mass is 10.2. The van der Waals surface area contributed by atoms with E-state index >= 15 is 0 Å². The summed E-state index contributed by atoms with van der Waals surface area (Å²) in [5.74, 6) is 0.